The molecule has 4 heteroatoms. The Kier molecular flexibility index (Phi) is 3.77. The van der Waals surface area contributed by atoms with Crippen LogP contribution in [0.2, 0.25) is 0 Å². The zero-order valence-electron chi connectivity index (χ0n) is 9.57. The standard InChI is InChI=1S/C14H11F2NO/c15-13-3-1-2-11(14(13)16)9-12(18)8-10-4-6-17-7-5-10/h1-7H,8-9H2. The van der Waals surface area contributed by atoms with Crippen molar-refractivity contribution in [3.05, 3.63) is 65.5 Å². The molecule has 0 aliphatic heterocycles. The fraction of sp³-hybridized carbons (Fsp3) is 0.143. The third-order valence-electron chi connectivity index (χ3n) is 2.57. The van der Waals surface area contributed by atoms with Crippen molar-refractivity contribution in [1.29, 1.82) is 0 Å². The normalized spacial score (nSPS) is 10.3. The first kappa shape index (κ1) is 12.4. The maximum atomic E-state index is 13.4. The molecule has 0 saturated heterocycles. The van der Waals surface area contributed by atoms with E-state index in [0.717, 1.165) is 11.6 Å². The summed E-state index contributed by atoms with van der Waals surface area (Å²) in [5.41, 5.74) is 0.904. The Morgan fingerprint density at radius 1 is 1.06 bits per heavy atom. The van der Waals surface area contributed by atoms with Gasteiger partial charge in [-0.25, -0.2) is 8.78 Å². The van der Waals surface area contributed by atoms with Gasteiger partial charge in [-0.2, -0.15) is 0 Å². The molecule has 18 heavy (non-hydrogen) atoms. The van der Waals surface area contributed by atoms with Gasteiger partial charge in [0.25, 0.3) is 0 Å². The van der Waals surface area contributed by atoms with Gasteiger partial charge < -0.3 is 0 Å². The molecule has 2 rings (SSSR count). The van der Waals surface area contributed by atoms with Crippen LogP contribution in [0.15, 0.2) is 42.7 Å². The number of halogens is 2. The molecule has 1 heterocycles. The summed E-state index contributed by atoms with van der Waals surface area (Å²) in [6, 6.07) is 7.29. The summed E-state index contributed by atoms with van der Waals surface area (Å²) in [4.78, 5) is 15.6. The first-order valence-electron chi connectivity index (χ1n) is 5.50. The number of nitrogens with zero attached hydrogens (tertiary/aromatic N) is 1. The quantitative estimate of drug-likeness (QED) is 0.831. The first-order chi connectivity index (χ1) is 8.66. The molecular formula is C14H11F2NO. The maximum Gasteiger partial charge on any atom is 0.162 e. The fourth-order valence-electron chi connectivity index (χ4n) is 1.69. The summed E-state index contributed by atoms with van der Waals surface area (Å²) >= 11 is 0. The number of benzene rings is 1. The highest BCUT2D eigenvalue weighted by molar-refractivity contribution is 5.83. The minimum Gasteiger partial charge on any atom is -0.299 e. The number of pyridine rings is 1. The topological polar surface area (TPSA) is 30.0 Å². The van der Waals surface area contributed by atoms with Gasteiger partial charge in [0.2, 0.25) is 0 Å². The van der Waals surface area contributed by atoms with Crippen molar-refractivity contribution in [2.75, 3.05) is 0 Å². The van der Waals surface area contributed by atoms with Crippen molar-refractivity contribution >= 4 is 5.78 Å². The highest BCUT2D eigenvalue weighted by Crippen LogP contribution is 2.13. The van der Waals surface area contributed by atoms with Gasteiger partial charge in [0, 0.05) is 25.2 Å². The molecule has 0 aliphatic rings. The molecule has 0 radical (unpaired) electrons. The second-order valence-electron chi connectivity index (χ2n) is 3.96. The third kappa shape index (κ3) is 2.97. The average Bonchev–Trinajstić information content (AvgIpc) is 2.36. The molecule has 0 aliphatic carbocycles. The van der Waals surface area contributed by atoms with Crippen LogP contribution >= 0.6 is 0 Å². The summed E-state index contributed by atoms with van der Waals surface area (Å²) in [7, 11) is 0. The van der Waals surface area contributed by atoms with Crippen LogP contribution in [-0.4, -0.2) is 10.8 Å². The summed E-state index contributed by atoms with van der Waals surface area (Å²) in [5.74, 6) is -2.03. The van der Waals surface area contributed by atoms with Crippen molar-refractivity contribution in [1.82, 2.24) is 4.98 Å². The van der Waals surface area contributed by atoms with E-state index in [9.17, 15) is 13.6 Å². The molecule has 0 spiro atoms. The van der Waals surface area contributed by atoms with E-state index in [2.05, 4.69) is 4.98 Å². The Morgan fingerprint density at radius 2 is 1.78 bits per heavy atom. The number of hydrogen-bond acceptors (Lipinski definition) is 2. The number of carbonyl (C=O) groups is 1. The first-order valence-corrected chi connectivity index (χ1v) is 5.50. The number of Topliss-reactive ketones (excluding diaryl/α,β-unsaturated/α-hetero) is 1. The molecule has 0 fully saturated rings. The van der Waals surface area contributed by atoms with Crippen LogP contribution in [0.1, 0.15) is 11.1 Å². The second-order valence-corrected chi connectivity index (χ2v) is 3.96. The Hall–Kier alpha value is -2.10. The fourth-order valence-corrected chi connectivity index (χ4v) is 1.69. The second kappa shape index (κ2) is 5.49. The molecule has 0 atom stereocenters. The minimum atomic E-state index is -0.944. The Bertz CT molecular complexity index is 555. The summed E-state index contributed by atoms with van der Waals surface area (Å²) in [5, 5.41) is 0. The van der Waals surface area contributed by atoms with Gasteiger partial charge in [-0.05, 0) is 29.3 Å². The highest BCUT2D eigenvalue weighted by atomic mass is 19.2. The van der Waals surface area contributed by atoms with Crippen LogP contribution in [0.25, 0.3) is 0 Å². The van der Waals surface area contributed by atoms with Crippen molar-refractivity contribution in [3.63, 3.8) is 0 Å². The number of hydrogen-bond donors (Lipinski definition) is 0. The molecule has 1 aromatic carbocycles. The maximum absolute atomic E-state index is 13.4. The average molecular weight is 247 g/mol. The monoisotopic (exact) mass is 247 g/mol. The molecule has 0 saturated carbocycles. The molecule has 1 aromatic heterocycles. The molecule has 2 aromatic rings. The smallest absolute Gasteiger partial charge is 0.162 e. The molecule has 0 bridgehead atoms. The van der Waals surface area contributed by atoms with E-state index in [4.69, 9.17) is 0 Å². The van der Waals surface area contributed by atoms with Crippen molar-refractivity contribution in [2.45, 2.75) is 12.8 Å². The summed E-state index contributed by atoms with van der Waals surface area (Å²) < 4.78 is 26.3. The van der Waals surface area contributed by atoms with E-state index < -0.39 is 11.6 Å². The number of rotatable bonds is 4. The molecule has 0 amide bonds. The van der Waals surface area contributed by atoms with E-state index in [1.165, 1.54) is 12.1 Å². The number of carbonyl (C=O) groups excluding carboxylic acids is 1. The predicted molar refractivity (Wildman–Crippen MR) is 63.0 cm³/mol. The summed E-state index contributed by atoms with van der Waals surface area (Å²) in [6.45, 7) is 0. The van der Waals surface area contributed by atoms with Crippen molar-refractivity contribution in [2.24, 2.45) is 0 Å². The molecular weight excluding hydrogens is 236 g/mol. The van der Waals surface area contributed by atoms with E-state index in [0.29, 0.717) is 0 Å². The van der Waals surface area contributed by atoms with E-state index in [-0.39, 0.29) is 24.2 Å². The highest BCUT2D eigenvalue weighted by Gasteiger charge is 2.11. The molecule has 2 nitrogen and oxygen atoms in total. The molecule has 0 unspecified atom stereocenters. The van der Waals surface area contributed by atoms with Crippen LogP contribution in [-0.2, 0) is 17.6 Å². The lowest BCUT2D eigenvalue weighted by atomic mass is 10.0. The zero-order valence-corrected chi connectivity index (χ0v) is 9.57. The van der Waals surface area contributed by atoms with Gasteiger partial charge in [-0.15, -0.1) is 0 Å². The van der Waals surface area contributed by atoms with Gasteiger partial charge in [0.15, 0.2) is 11.6 Å². The lowest BCUT2D eigenvalue weighted by Crippen LogP contribution is -2.08. The largest absolute Gasteiger partial charge is 0.299 e. The van der Waals surface area contributed by atoms with Crippen LogP contribution < -0.4 is 0 Å². The number of aromatic nitrogens is 1. The van der Waals surface area contributed by atoms with Gasteiger partial charge in [0.05, 0.1) is 0 Å². The molecule has 92 valence electrons. The van der Waals surface area contributed by atoms with Crippen molar-refractivity contribution < 1.29 is 13.6 Å². The third-order valence-corrected chi connectivity index (χ3v) is 2.57. The van der Waals surface area contributed by atoms with Gasteiger partial charge in [-0.1, -0.05) is 12.1 Å². The molecule has 0 N–H and O–H groups in total. The van der Waals surface area contributed by atoms with E-state index in [1.54, 1.807) is 24.5 Å². The van der Waals surface area contributed by atoms with Gasteiger partial charge in [0.1, 0.15) is 5.78 Å². The Balaban J connectivity index is 2.06. The lowest BCUT2D eigenvalue weighted by molar-refractivity contribution is -0.117. The SMILES string of the molecule is O=C(Cc1ccncc1)Cc1cccc(F)c1F. The minimum absolute atomic E-state index is 0.0917. The zero-order chi connectivity index (χ0) is 13.0. The van der Waals surface area contributed by atoms with Gasteiger partial charge >= 0.3 is 0 Å². The van der Waals surface area contributed by atoms with Crippen LogP contribution in [0.3, 0.4) is 0 Å². The predicted octanol–water partition coefficient (Wildman–Crippen LogP) is 2.71. The van der Waals surface area contributed by atoms with Crippen molar-refractivity contribution in [3.8, 4) is 0 Å². The van der Waals surface area contributed by atoms with E-state index in [1.807, 2.05) is 0 Å². The lowest BCUT2D eigenvalue weighted by Gasteiger charge is -2.03. The Labute approximate surface area is 103 Å². The number of ketones is 1. The van der Waals surface area contributed by atoms with Gasteiger partial charge in [-0.3, -0.25) is 9.78 Å². The van der Waals surface area contributed by atoms with Crippen LogP contribution in [0.4, 0.5) is 8.78 Å². The van der Waals surface area contributed by atoms with E-state index >= 15 is 0 Å². The Morgan fingerprint density at radius 3 is 2.50 bits per heavy atom. The van der Waals surface area contributed by atoms with Crippen LogP contribution in [0, 0.1) is 11.6 Å². The summed E-state index contributed by atoms with van der Waals surface area (Å²) in [6.07, 6.45) is 3.27. The van der Waals surface area contributed by atoms with Crippen LogP contribution in [0.5, 0.6) is 0 Å².